The fourth-order valence-electron chi connectivity index (χ4n) is 2.68. The quantitative estimate of drug-likeness (QED) is 0.904. The zero-order valence-electron chi connectivity index (χ0n) is 12.5. The average molecular weight is 334 g/mol. The number of likely N-dealkylation sites (tertiary alicyclic amines) is 1. The summed E-state index contributed by atoms with van der Waals surface area (Å²) in [4.78, 5) is 25.3. The second-order valence-electron chi connectivity index (χ2n) is 6.02. The monoisotopic (exact) mass is 333 g/mol. The number of nitrogens with one attached hydrogen (secondary N) is 1. The lowest BCUT2D eigenvalue weighted by molar-refractivity contribution is -0.147. The van der Waals surface area contributed by atoms with Crippen LogP contribution in [0.5, 0.6) is 0 Å². The van der Waals surface area contributed by atoms with Crippen LogP contribution in [-0.2, 0) is 4.79 Å². The van der Waals surface area contributed by atoms with Crippen LogP contribution in [0.15, 0.2) is 30.3 Å². The molecule has 1 fully saturated rings. The summed E-state index contributed by atoms with van der Waals surface area (Å²) < 4.78 is 0. The van der Waals surface area contributed by atoms with Crippen LogP contribution in [0.2, 0.25) is 5.02 Å². The smallest absolute Gasteiger partial charge is 0.311 e. The van der Waals surface area contributed by atoms with E-state index in [-0.39, 0.29) is 12.5 Å². The van der Waals surface area contributed by atoms with Crippen LogP contribution in [0.1, 0.15) is 23.8 Å². The highest BCUT2D eigenvalue weighted by atomic mass is 35.5. The van der Waals surface area contributed by atoms with Crippen molar-refractivity contribution in [3.05, 3.63) is 41.0 Å². The minimum absolute atomic E-state index is 0.205. The Bertz CT molecular complexity index is 756. The number of aromatic nitrogens is 2. The normalized spacial score (nSPS) is 20.7. The largest absolute Gasteiger partial charge is 0.481 e. The minimum Gasteiger partial charge on any atom is -0.481 e. The highest BCUT2D eigenvalue weighted by Crippen LogP contribution is 2.31. The number of halogens is 1. The van der Waals surface area contributed by atoms with Gasteiger partial charge in [-0.1, -0.05) is 23.7 Å². The zero-order chi connectivity index (χ0) is 16.6. The van der Waals surface area contributed by atoms with Gasteiger partial charge in [0.25, 0.3) is 5.91 Å². The van der Waals surface area contributed by atoms with Crippen LogP contribution in [0.3, 0.4) is 0 Å². The molecule has 0 bridgehead atoms. The van der Waals surface area contributed by atoms with Crippen molar-refractivity contribution in [1.82, 2.24) is 15.1 Å². The van der Waals surface area contributed by atoms with E-state index in [0.717, 1.165) is 5.56 Å². The second-order valence-corrected chi connectivity index (χ2v) is 6.45. The standard InChI is InChI=1S/C16H16ClN3O3/c1-16(15(22)23)6-7-20(9-16)14(21)13-8-12(18-19-13)10-2-4-11(17)5-3-10/h2-5,8H,6-7,9H2,1H3,(H,18,19)(H,22,23). The van der Waals surface area contributed by atoms with Crippen molar-refractivity contribution >= 4 is 23.5 Å². The topological polar surface area (TPSA) is 86.3 Å². The Balaban J connectivity index is 1.77. The van der Waals surface area contributed by atoms with Gasteiger partial charge in [-0.25, -0.2) is 0 Å². The molecule has 1 saturated heterocycles. The predicted molar refractivity (Wildman–Crippen MR) is 85.3 cm³/mol. The Labute approximate surface area is 138 Å². The van der Waals surface area contributed by atoms with Gasteiger partial charge in [0.05, 0.1) is 11.1 Å². The summed E-state index contributed by atoms with van der Waals surface area (Å²) in [5.41, 5.74) is 0.964. The van der Waals surface area contributed by atoms with Gasteiger partial charge in [-0.05, 0) is 31.5 Å². The molecule has 1 aliphatic heterocycles. The van der Waals surface area contributed by atoms with Gasteiger partial charge < -0.3 is 10.0 Å². The molecule has 1 unspecified atom stereocenters. The molecule has 1 aromatic carbocycles. The molecule has 1 aromatic heterocycles. The summed E-state index contributed by atoms with van der Waals surface area (Å²) >= 11 is 5.86. The van der Waals surface area contributed by atoms with E-state index in [1.165, 1.54) is 0 Å². The molecule has 0 radical (unpaired) electrons. The highest BCUT2D eigenvalue weighted by Gasteiger charge is 2.42. The summed E-state index contributed by atoms with van der Waals surface area (Å²) in [5, 5.41) is 16.8. The van der Waals surface area contributed by atoms with Gasteiger partial charge in [0.1, 0.15) is 5.69 Å². The van der Waals surface area contributed by atoms with Gasteiger partial charge in [0.2, 0.25) is 0 Å². The fraction of sp³-hybridized carbons (Fsp3) is 0.312. The molecule has 0 saturated carbocycles. The summed E-state index contributed by atoms with van der Waals surface area (Å²) in [6.45, 7) is 2.29. The summed E-state index contributed by atoms with van der Waals surface area (Å²) in [7, 11) is 0. The number of aliphatic carboxylic acids is 1. The Morgan fingerprint density at radius 1 is 1.35 bits per heavy atom. The molecule has 120 valence electrons. The SMILES string of the molecule is CC1(C(=O)O)CCN(C(=O)c2cc(-c3ccc(Cl)cc3)n[nH]2)C1. The first-order valence-corrected chi connectivity index (χ1v) is 7.61. The van der Waals surface area contributed by atoms with E-state index in [9.17, 15) is 14.7 Å². The van der Waals surface area contributed by atoms with Gasteiger partial charge in [0, 0.05) is 23.7 Å². The number of carboxylic acid groups (broad SMARTS) is 1. The van der Waals surface area contributed by atoms with Gasteiger partial charge in [0.15, 0.2) is 0 Å². The Morgan fingerprint density at radius 3 is 2.65 bits per heavy atom. The molecule has 1 aliphatic rings. The lowest BCUT2D eigenvalue weighted by Crippen LogP contribution is -2.35. The van der Waals surface area contributed by atoms with E-state index >= 15 is 0 Å². The third-order valence-electron chi connectivity index (χ3n) is 4.23. The molecule has 2 N–H and O–H groups in total. The Hall–Kier alpha value is -2.34. The molecule has 7 heteroatoms. The number of H-pyrrole nitrogens is 1. The molecular weight excluding hydrogens is 318 g/mol. The fourth-order valence-corrected chi connectivity index (χ4v) is 2.81. The number of carboxylic acids is 1. The first-order valence-electron chi connectivity index (χ1n) is 7.23. The lowest BCUT2D eigenvalue weighted by Gasteiger charge is -2.19. The van der Waals surface area contributed by atoms with Crippen LogP contribution in [0.25, 0.3) is 11.3 Å². The maximum atomic E-state index is 12.5. The van der Waals surface area contributed by atoms with Crippen molar-refractivity contribution in [2.24, 2.45) is 5.41 Å². The van der Waals surface area contributed by atoms with E-state index in [4.69, 9.17) is 11.6 Å². The minimum atomic E-state index is -0.880. The number of carbonyl (C=O) groups is 2. The number of benzene rings is 1. The van der Waals surface area contributed by atoms with E-state index in [1.54, 1.807) is 30.0 Å². The van der Waals surface area contributed by atoms with Crippen LogP contribution < -0.4 is 0 Å². The molecule has 2 heterocycles. The van der Waals surface area contributed by atoms with Crippen LogP contribution in [0, 0.1) is 5.41 Å². The molecule has 1 atom stereocenters. The Kier molecular flexibility index (Phi) is 3.85. The molecule has 1 amide bonds. The second kappa shape index (κ2) is 5.70. The maximum Gasteiger partial charge on any atom is 0.311 e. The average Bonchev–Trinajstić information content (AvgIpc) is 3.15. The third-order valence-corrected chi connectivity index (χ3v) is 4.48. The third kappa shape index (κ3) is 2.94. The van der Waals surface area contributed by atoms with Crippen molar-refractivity contribution < 1.29 is 14.7 Å². The van der Waals surface area contributed by atoms with E-state index in [0.29, 0.717) is 29.4 Å². The van der Waals surface area contributed by atoms with E-state index in [1.807, 2.05) is 12.1 Å². The van der Waals surface area contributed by atoms with Gasteiger partial charge in [-0.3, -0.25) is 14.7 Å². The molecule has 0 aliphatic carbocycles. The number of hydrogen-bond donors (Lipinski definition) is 2. The first kappa shape index (κ1) is 15.6. The number of rotatable bonds is 3. The zero-order valence-corrected chi connectivity index (χ0v) is 13.3. The van der Waals surface area contributed by atoms with Crippen LogP contribution >= 0.6 is 11.6 Å². The van der Waals surface area contributed by atoms with E-state index < -0.39 is 11.4 Å². The number of amides is 1. The molecule has 6 nitrogen and oxygen atoms in total. The van der Waals surface area contributed by atoms with Crippen molar-refractivity contribution in [2.45, 2.75) is 13.3 Å². The van der Waals surface area contributed by atoms with Crippen molar-refractivity contribution in [3.8, 4) is 11.3 Å². The number of nitrogens with zero attached hydrogens (tertiary/aromatic N) is 2. The summed E-state index contributed by atoms with van der Waals surface area (Å²) in [5.74, 6) is -1.11. The molecule has 0 spiro atoms. The lowest BCUT2D eigenvalue weighted by atomic mass is 9.90. The first-order chi connectivity index (χ1) is 10.9. The van der Waals surface area contributed by atoms with Gasteiger partial charge in [-0.2, -0.15) is 5.10 Å². The summed E-state index contributed by atoms with van der Waals surface area (Å²) in [6, 6.07) is 8.83. The van der Waals surface area contributed by atoms with Crippen LogP contribution in [0.4, 0.5) is 0 Å². The van der Waals surface area contributed by atoms with Crippen molar-refractivity contribution in [1.29, 1.82) is 0 Å². The highest BCUT2D eigenvalue weighted by molar-refractivity contribution is 6.30. The number of aromatic amines is 1. The van der Waals surface area contributed by atoms with Crippen molar-refractivity contribution in [3.63, 3.8) is 0 Å². The predicted octanol–water partition coefficient (Wildman–Crippen LogP) is 2.67. The molecule has 3 rings (SSSR count). The van der Waals surface area contributed by atoms with E-state index in [2.05, 4.69) is 10.2 Å². The van der Waals surface area contributed by atoms with Gasteiger partial charge >= 0.3 is 5.97 Å². The summed E-state index contributed by atoms with van der Waals surface area (Å²) in [6.07, 6.45) is 0.451. The molecular formula is C16H16ClN3O3. The molecule has 23 heavy (non-hydrogen) atoms. The number of carbonyl (C=O) groups excluding carboxylic acids is 1. The van der Waals surface area contributed by atoms with Gasteiger partial charge in [-0.15, -0.1) is 0 Å². The van der Waals surface area contributed by atoms with Crippen molar-refractivity contribution in [2.75, 3.05) is 13.1 Å². The Morgan fingerprint density at radius 2 is 2.04 bits per heavy atom. The molecule has 2 aromatic rings. The van der Waals surface area contributed by atoms with Crippen LogP contribution in [-0.4, -0.2) is 45.2 Å². The number of hydrogen-bond acceptors (Lipinski definition) is 3. The maximum absolute atomic E-state index is 12.5.